The van der Waals surface area contributed by atoms with E-state index in [1.54, 1.807) is 18.2 Å². The van der Waals surface area contributed by atoms with Gasteiger partial charge in [-0.05, 0) is 18.2 Å². The third-order valence-electron chi connectivity index (χ3n) is 1.40. The van der Waals surface area contributed by atoms with Gasteiger partial charge in [-0.2, -0.15) is 5.26 Å². The van der Waals surface area contributed by atoms with Gasteiger partial charge in [0, 0.05) is 5.56 Å². The summed E-state index contributed by atoms with van der Waals surface area (Å²) >= 11 is 5.80. The predicted molar refractivity (Wildman–Crippen MR) is 50.1 cm³/mol. The maximum Gasteiger partial charge on any atom is 0.104 e. The fourth-order valence-electron chi connectivity index (χ4n) is 0.825. The van der Waals surface area contributed by atoms with Crippen molar-refractivity contribution in [3.8, 4) is 17.9 Å². The molecule has 0 heterocycles. The first-order valence-corrected chi connectivity index (χ1v) is 3.95. The average molecular weight is 192 g/mol. The molecule has 1 aromatic carbocycles. The first-order valence-electron chi connectivity index (χ1n) is 3.57. The Morgan fingerprint density at radius 1 is 1.46 bits per heavy atom. The maximum absolute atomic E-state index is 8.59. The highest BCUT2D eigenvalue weighted by molar-refractivity contribution is 6.31. The first-order chi connectivity index (χ1) is 6.27. The molecule has 1 rings (SSSR count). The van der Waals surface area contributed by atoms with E-state index in [1.807, 2.05) is 6.07 Å². The van der Waals surface area contributed by atoms with Crippen molar-refractivity contribution in [1.82, 2.24) is 0 Å². The highest BCUT2D eigenvalue weighted by atomic mass is 35.5. The third-order valence-corrected chi connectivity index (χ3v) is 1.73. The molecule has 2 nitrogen and oxygen atoms in total. The minimum Gasteiger partial charge on any atom is -0.384 e. The van der Waals surface area contributed by atoms with Gasteiger partial charge in [0.15, 0.2) is 0 Å². The topological polar surface area (TPSA) is 44.0 Å². The molecular weight excluding hydrogens is 186 g/mol. The molecule has 0 saturated carbocycles. The van der Waals surface area contributed by atoms with E-state index in [-0.39, 0.29) is 6.61 Å². The second-order valence-electron chi connectivity index (χ2n) is 2.27. The van der Waals surface area contributed by atoms with E-state index < -0.39 is 0 Å². The van der Waals surface area contributed by atoms with Gasteiger partial charge in [0.2, 0.25) is 0 Å². The SMILES string of the molecule is N#Cc1ccc(Cl)c(C#CCO)c1. The molecule has 0 unspecified atom stereocenters. The summed E-state index contributed by atoms with van der Waals surface area (Å²) in [7, 11) is 0. The van der Waals surface area contributed by atoms with Crippen molar-refractivity contribution in [2.45, 2.75) is 0 Å². The van der Waals surface area contributed by atoms with Gasteiger partial charge in [-0.25, -0.2) is 0 Å². The molecule has 0 fully saturated rings. The van der Waals surface area contributed by atoms with E-state index in [9.17, 15) is 0 Å². The van der Waals surface area contributed by atoms with E-state index in [1.165, 1.54) is 0 Å². The highest BCUT2D eigenvalue weighted by Gasteiger charge is 1.97. The normalized spacial score (nSPS) is 8.38. The second-order valence-corrected chi connectivity index (χ2v) is 2.67. The minimum absolute atomic E-state index is 0.215. The van der Waals surface area contributed by atoms with E-state index in [4.69, 9.17) is 22.0 Å². The Morgan fingerprint density at radius 3 is 2.85 bits per heavy atom. The van der Waals surface area contributed by atoms with Crippen LogP contribution in [0.3, 0.4) is 0 Å². The maximum atomic E-state index is 8.59. The Hall–Kier alpha value is -1.48. The van der Waals surface area contributed by atoms with Crippen molar-refractivity contribution in [1.29, 1.82) is 5.26 Å². The third kappa shape index (κ3) is 2.49. The summed E-state index contributed by atoms with van der Waals surface area (Å²) in [6, 6.07) is 6.80. The number of benzene rings is 1. The quantitative estimate of drug-likeness (QED) is 0.633. The molecule has 0 amide bonds. The molecule has 0 bridgehead atoms. The number of aliphatic hydroxyl groups excluding tert-OH is 1. The van der Waals surface area contributed by atoms with E-state index in [0.717, 1.165) is 0 Å². The largest absolute Gasteiger partial charge is 0.384 e. The van der Waals surface area contributed by atoms with Crippen LogP contribution in [0.2, 0.25) is 5.02 Å². The molecule has 0 aliphatic heterocycles. The summed E-state index contributed by atoms with van der Waals surface area (Å²) in [6.07, 6.45) is 0. The Kier molecular flexibility index (Phi) is 3.34. The van der Waals surface area contributed by atoms with Crippen molar-refractivity contribution in [2.75, 3.05) is 6.61 Å². The van der Waals surface area contributed by atoms with Crippen LogP contribution >= 0.6 is 11.6 Å². The van der Waals surface area contributed by atoms with Crippen LogP contribution in [0.5, 0.6) is 0 Å². The molecule has 1 aromatic rings. The lowest BCUT2D eigenvalue weighted by molar-refractivity contribution is 0.350. The summed E-state index contributed by atoms with van der Waals surface area (Å²) in [4.78, 5) is 0. The van der Waals surface area contributed by atoms with Gasteiger partial charge in [-0.1, -0.05) is 23.4 Å². The summed E-state index contributed by atoms with van der Waals surface area (Å²) in [5.41, 5.74) is 1.07. The Morgan fingerprint density at radius 2 is 2.23 bits per heavy atom. The first kappa shape index (κ1) is 9.61. The zero-order chi connectivity index (χ0) is 9.68. The van der Waals surface area contributed by atoms with Crippen molar-refractivity contribution in [2.24, 2.45) is 0 Å². The summed E-state index contributed by atoms with van der Waals surface area (Å²) in [5.74, 6) is 5.12. The molecule has 0 atom stereocenters. The van der Waals surface area contributed by atoms with E-state index >= 15 is 0 Å². The van der Waals surface area contributed by atoms with Gasteiger partial charge in [0.05, 0.1) is 16.7 Å². The Balaban J connectivity index is 3.13. The molecule has 1 N–H and O–H groups in total. The van der Waals surface area contributed by atoms with Crippen LogP contribution in [-0.2, 0) is 0 Å². The molecular formula is C10H6ClNO. The molecule has 0 aliphatic rings. The van der Waals surface area contributed by atoms with Crippen LogP contribution in [0, 0.1) is 23.2 Å². The molecule has 64 valence electrons. The lowest BCUT2D eigenvalue weighted by Gasteiger charge is -1.94. The molecule has 0 spiro atoms. The Bertz CT molecular complexity index is 409. The molecule has 0 radical (unpaired) electrons. The van der Waals surface area contributed by atoms with Crippen LogP contribution in [-0.4, -0.2) is 11.7 Å². The van der Waals surface area contributed by atoms with Crippen LogP contribution in [0.4, 0.5) is 0 Å². The Labute approximate surface area is 81.4 Å². The zero-order valence-electron chi connectivity index (χ0n) is 6.71. The van der Waals surface area contributed by atoms with Gasteiger partial charge in [-0.15, -0.1) is 0 Å². The highest BCUT2D eigenvalue weighted by Crippen LogP contribution is 2.15. The number of hydrogen-bond acceptors (Lipinski definition) is 2. The van der Waals surface area contributed by atoms with Crippen LogP contribution in [0.15, 0.2) is 18.2 Å². The molecule has 0 aliphatic carbocycles. The fourth-order valence-corrected chi connectivity index (χ4v) is 0.990. The number of halogens is 1. The van der Waals surface area contributed by atoms with Crippen molar-refractivity contribution < 1.29 is 5.11 Å². The standard InChI is InChI=1S/C10H6ClNO/c11-10-4-3-8(7-12)6-9(10)2-1-5-13/h3-4,6,13H,5H2. The average Bonchev–Trinajstić information content (AvgIpc) is 2.17. The summed E-state index contributed by atoms with van der Waals surface area (Å²) in [5, 5.41) is 17.5. The minimum atomic E-state index is -0.215. The van der Waals surface area contributed by atoms with Gasteiger partial charge in [0.1, 0.15) is 6.61 Å². The van der Waals surface area contributed by atoms with Crippen molar-refractivity contribution >= 4 is 11.6 Å². The summed E-state index contributed by atoms with van der Waals surface area (Å²) < 4.78 is 0. The van der Waals surface area contributed by atoms with Crippen LogP contribution in [0.25, 0.3) is 0 Å². The summed E-state index contributed by atoms with van der Waals surface area (Å²) in [6.45, 7) is -0.215. The molecule has 0 saturated heterocycles. The smallest absolute Gasteiger partial charge is 0.104 e. The second kappa shape index (κ2) is 4.52. The van der Waals surface area contributed by atoms with E-state index in [2.05, 4.69) is 11.8 Å². The van der Waals surface area contributed by atoms with Crippen molar-refractivity contribution in [3.05, 3.63) is 34.3 Å². The number of nitrogens with zero attached hydrogens (tertiary/aromatic N) is 1. The number of rotatable bonds is 0. The van der Waals surface area contributed by atoms with Crippen molar-refractivity contribution in [3.63, 3.8) is 0 Å². The number of nitriles is 1. The van der Waals surface area contributed by atoms with Gasteiger partial charge < -0.3 is 5.11 Å². The van der Waals surface area contributed by atoms with Crippen LogP contribution in [0.1, 0.15) is 11.1 Å². The zero-order valence-corrected chi connectivity index (χ0v) is 7.47. The molecule has 13 heavy (non-hydrogen) atoms. The number of aliphatic hydroxyl groups is 1. The lowest BCUT2D eigenvalue weighted by atomic mass is 10.1. The predicted octanol–water partition coefficient (Wildman–Crippen LogP) is 1.56. The van der Waals surface area contributed by atoms with Gasteiger partial charge in [-0.3, -0.25) is 0 Å². The van der Waals surface area contributed by atoms with E-state index in [0.29, 0.717) is 16.1 Å². The van der Waals surface area contributed by atoms with Gasteiger partial charge in [0.25, 0.3) is 0 Å². The lowest BCUT2D eigenvalue weighted by Crippen LogP contribution is -1.81. The molecule has 0 aromatic heterocycles. The van der Waals surface area contributed by atoms with Crippen LogP contribution < -0.4 is 0 Å². The van der Waals surface area contributed by atoms with Gasteiger partial charge >= 0.3 is 0 Å². The molecule has 3 heteroatoms. The fraction of sp³-hybridized carbons (Fsp3) is 0.100. The monoisotopic (exact) mass is 191 g/mol. The number of hydrogen-bond donors (Lipinski definition) is 1.